The number of aromatic nitrogens is 2. The highest BCUT2D eigenvalue weighted by atomic mass is 16.5. The molecule has 1 aromatic carbocycles. The van der Waals surface area contributed by atoms with E-state index in [1.165, 1.54) is 12.1 Å². The van der Waals surface area contributed by atoms with Crippen molar-refractivity contribution in [3.8, 4) is 11.5 Å². The van der Waals surface area contributed by atoms with E-state index in [0.717, 1.165) is 5.69 Å². The van der Waals surface area contributed by atoms with Crippen LogP contribution in [0, 0.1) is 0 Å². The van der Waals surface area contributed by atoms with Gasteiger partial charge >= 0.3 is 0 Å². The zero-order chi connectivity index (χ0) is 14.4. The molecule has 1 unspecified atom stereocenters. The Labute approximate surface area is 116 Å². The van der Waals surface area contributed by atoms with Gasteiger partial charge in [0.1, 0.15) is 11.5 Å². The molecule has 6 nitrogen and oxygen atoms in total. The van der Waals surface area contributed by atoms with Gasteiger partial charge in [0.2, 0.25) is 0 Å². The maximum atomic E-state index is 11.8. The summed E-state index contributed by atoms with van der Waals surface area (Å²) in [5.41, 5.74) is 0.970. The van der Waals surface area contributed by atoms with E-state index in [-0.39, 0.29) is 11.7 Å². The molecule has 0 fully saturated rings. The van der Waals surface area contributed by atoms with Crippen molar-refractivity contribution in [1.82, 2.24) is 15.3 Å². The molecule has 3 N–H and O–H groups in total. The van der Waals surface area contributed by atoms with E-state index in [0.29, 0.717) is 18.7 Å². The van der Waals surface area contributed by atoms with E-state index < -0.39 is 6.10 Å². The second kappa shape index (κ2) is 6.60. The van der Waals surface area contributed by atoms with Crippen LogP contribution >= 0.6 is 0 Å². The molecule has 2 rings (SSSR count). The van der Waals surface area contributed by atoms with Gasteiger partial charge in [0.05, 0.1) is 6.33 Å². The Hall–Kier alpha value is -2.50. The van der Waals surface area contributed by atoms with E-state index in [1.807, 2.05) is 0 Å². The van der Waals surface area contributed by atoms with Crippen molar-refractivity contribution in [2.24, 2.45) is 0 Å². The summed E-state index contributed by atoms with van der Waals surface area (Å²) in [5, 5.41) is 12.0. The summed E-state index contributed by atoms with van der Waals surface area (Å²) in [4.78, 5) is 18.7. The molecule has 1 aromatic heterocycles. The second-order valence-electron chi connectivity index (χ2n) is 4.37. The molecule has 20 heavy (non-hydrogen) atoms. The fourth-order valence-corrected chi connectivity index (χ4v) is 1.67. The van der Waals surface area contributed by atoms with Crippen LogP contribution in [0.5, 0.6) is 11.5 Å². The fourth-order valence-electron chi connectivity index (χ4n) is 1.67. The summed E-state index contributed by atoms with van der Waals surface area (Å²) in [7, 11) is 0. The molecule has 0 saturated heterocycles. The third-order valence-corrected chi connectivity index (χ3v) is 2.77. The maximum Gasteiger partial charge on any atom is 0.260 e. The highest BCUT2D eigenvalue weighted by Gasteiger charge is 2.13. The van der Waals surface area contributed by atoms with Crippen molar-refractivity contribution in [3.05, 3.63) is 42.5 Å². The lowest BCUT2D eigenvalue weighted by Crippen LogP contribution is -2.37. The van der Waals surface area contributed by atoms with Crippen molar-refractivity contribution in [2.75, 3.05) is 6.54 Å². The number of rotatable bonds is 6. The van der Waals surface area contributed by atoms with Gasteiger partial charge in [0.15, 0.2) is 6.10 Å². The smallest absolute Gasteiger partial charge is 0.260 e. The fraction of sp³-hybridized carbons (Fsp3) is 0.286. The van der Waals surface area contributed by atoms with Crippen LogP contribution in [0.3, 0.4) is 0 Å². The number of phenols is 1. The van der Waals surface area contributed by atoms with Crippen molar-refractivity contribution < 1.29 is 14.6 Å². The lowest BCUT2D eigenvalue weighted by molar-refractivity contribution is -0.127. The largest absolute Gasteiger partial charge is 0.508 e. The molecule has 0 radical (unpaired) electrons. The average molecular weight is 275 g/mol. The number of phenolic OH excluding ortho intramolecular Hbond substituents is 1. The Morgan fingerprint density at radius 2 is 2.20 bits per heavy atom. The molecule has 0 aliphatic heterocycles. The summed E-state index contributed by atoms with van der Waals surface area (Å²) < 4.78 is 5.48. The SMILES string of the molecule is CC(Oc1ccc(O)cc1)C(=O)NCCc1cnc[nH]1. The minimum absolute atomic E-state index is 0.161. The second-order valence-corrected chi connectivity index (χ2v) is 4.37. The zero-order valence-electron chi connectivity index (χ0n) is 11.2. The number of amides is 1. The van der Waals surface area contributed by atoms with Gasteiger partial charge in [-0.05, 0) is 31.2 Å². The summed E-state index contributed by atoms with van der Waals surface area (Å²) >= 11 is 0. The van der Waals surface area contributed by atoms with Crippen molar-refractivity contribution in [2.45, 2.75) is 19.4 Å². The van der Waals surface area contributed by atoms with Crippen LogP contribution in [0.15, 0.2) is 36.8 Å². The Morgan fingerprint density at radius 1 is 1.45 bits per heavy atom. The number of benzene rings is 1. The predicted octanol–water partition coefficient (Wildman–Crippen LogP) is 1.24. The van der Waals surface area contributed by atoms with Crippen LogP contribution in [-0.4, -0.2) is 33.6 Å². The van der Waals surface area contributed by atoms with Gasteiger partial charge in [-0.1, -0.05) is 0 Å². The molecular formula is C14H17N3O3. The van der Waals surface area contributed by atoms with Gasteiger partial charge < -0.3 is 20.1 Å². The van der Waals surface area contributed by atoms with Crippen LogP contribution in [0.4, 0.5) is 0 Å². The molecule has 0 aliphatic rings. The third-order valence-electron chi connectivity index (χ3n) is 2.77. The number of carbonyl (C=O) groups excluding carboxylic acids is 1. The molecular weight excluding hydrogens is 258 g/mol. The summed E-state index contributed by atoms with van der Waals surface area (Å²) in [6.45, 7) is 2.20. The topological polar surface area (TPSA) is 87.2 Å². The van der Waals surface area contributed by atoms with Gasteiger partial charge in [-0.15, -0.1) is 0 Å². The van der Waals surface area contributed by atoms with E-state index in [9.17, 15) is 4.79 Å². The number of H-pyrrole nitrogens is 1. The number of aromatic hydroxyl groups is 1. The van der Waals surface area contributed by atoms with Crippen molar-refractivity contribution in [1.29, 1.82) is 0 Å². The highest BCUT2D eigenvalue weighted by molar-refractivity contribution is 5.80. The Morgan fingerprint density at radius 3 is 2.85 bits per heavy atom. The van der Waals surface area contributed by atoms with Crippen molar-refractivity contribution in [3.63, 3.8) is 0 Å². The molecule has 1 atom stereocenters. The first-order chi connectivity index (χ1) is 9.65. The van der Waals surface area contributed by atoms with Crippen LogP contribution in [0.2, 0.25) is 0 Å². The normalized spacial score (nSPS) is 11.8. The Balaban J connectivity index is 1.75. The lowest BCUT2D eigenvalue weighted by Gasteiger charge is -2.14. The van der Waals surface area contributed by atoms with Gasteiger partial charge in [0, 0.05) is 24.9 Å². The first kappa shape index (κ1) is 13.9. The molecule has 106 valence electrons. The number of nitrogens with one attached hydrogen (secondary N) is 2. The minimum Gasteiger partial charge on any atom is -0.508 e. The highest BCUT2D eigenvalue weighted by Crippen LogP contribution is 2.17. The molecule has 0 spiro atoms. The first-order valence-corrected chi connectivity index (χ1v) is 6.36. The number of carbonyl (C=O) groups is 1. The monoisotopic (exact) mass is 275 g/mol. The van der Waals surface area contributed by atoms with Crippen molar-refractivity contribution >= 4 is 5.91 Å². The van der Waals surface area contributed by atoms with Crippen LogP contribution < -0.4 is 10.1 Å². The Bertz CT molecular complexity index is 537. The molecule has 0 bridgehead atoms. The Kier molecular flexibility index (Phi) is 4.60. The zero-order valence-corrected chi connectivity index (χ0v) is 11.2. The summed E-state index contributed by atoms with van der Waals surface area (Å²) in [6.07, 6.45) is 3.43. The lowest BCUT2D eigenvalue weighted by atomic mass is 10.3. The quantitative estimate of drug-likeness (QED) is 0.740. The van der Waals surface area contributed by atoms with Gasteiger partial charge in [-0.25, -0.2) is 4.98 Å². The predicted molar refractivity (Wildman–Crippen MR) is 73.5 cm³/mol. The molecule has 1 amide bonds. The van der Waals surface area contributed by atoms with E-state index in [1.54, 1.807) is 31.6 Å². The number of aromatic amines is 1. The van der Waals surface area contributed by atoms with Gasteiger partial charge in [-0.3, -0.25) is 4.79 Å². The van der Waals surface area contributed by atoms with E-state index >= 15 is 0 Å². The molecule has 0 saturated carbocycles. The van der Waals surface area contributed by atoms with Crippen LogP contribution in [-0.2, 0) is 11.2 Å². The van der Waals surface area contributed by atoms with Gasteiger partial charge in [0.25, 0.3) is 5.91 Å². The molecule has 2 aromatic rings. The van der Waals surface area contributed by atoms with Crippen LogP contribution in [0.1, 0.15) is 12.6 Å². The molecule has 0 aliphatic carbocycles. The summed E-state index contributed by atoms with van der Waals surface area (Å²) in [6, 6.07) is 6.25. The van der Waals surface area contributed by atoms with Gasteiger partial charge in [-0.2, -0.15) is 0 Å². The summed E-state index contributed by atoms with van der Waals surface area (Å²) in [5.74, 6) is 0.519. The number of nitrogens with zero attached hydrogens (tertiary/aromatic N) is 1. The molecule has 1 heterocycles. The number of ether oxygens (including phenoxy) is 1. The average Bonchev–Trinajstić information content (AvgIpc) is 2.94. The molecule has 6 heteroatoms. The standard InChI is InChI=1S/C14H17N3O3/c1-10(20-13-4-2-12(18)3-5-13)14(19)16-7-6-11-8-15-9-17-11/h2-5,8-10,18H,6-7H2,1H3,(H,15,17)(H,16,19). The number of hydrogen-bond donors (Lipinski definition) is 3. The number of hydrogen-bond acceptors (Lipinski definition) is 4. The van der Waals surface area contributed by atoms with E-state index in [2.05, 4.69) is 15.3 Å². The third kappa shape index (κ3) is 4.01. The van der Waals surface area contributed by atoms with E-state index in [4.69, 9.17) is 9.84 Å². The maximum absolute atomic E-state index is 11.8. The number of imidazole rings is 1. The minimum atomic E-state index is -0.596. The first-order valence-electron chi connectivity index (χ1n) is 6.36. The van der Waals surface area contributed by atoms with Crippen LogP contribution in [0.25, 0.3) is 0 Å².